The number of carboxylic acids is 2. The van der Waals surface area contributed by atoms with Crippen molar-refractivity contribution in [3.8, 4) is 0 Å². The number of hydrogen-bond acceptors (Lipinski definition) is 15. The number of esters is 4. The van der Waals surface area contributed by atoms with Crippen LogP contribution in [0.1, 0.15) is 121 Å². The second-order valence-electron chi connectivity index (χ2n) is 16.8. The largest absolute Gasteiger partial charge is 0.480 e. The smallest absolute Gasteiger partial charge is 0.338 e. The van der Waals surface area contributed by atoms with Gasteiger partial charge in [0.05, 0.1) is 43.1 Å². The maximum absolute atomic E-state index is 13.9. The number of ether oxygens (including phenoxy) is 8. The second-order valence-corrected chi connectivity index (χ2v) is 16.8. The maximum atomic E-state index is 13.9. The normalized spacial score (nSPS) is 18.4. The average molecular weight is 990 g/mol. The van der Waals surface area contributed by atoms with Gasteiger partial charge in [0.15, 0.2) is 18.5 Å². The van der Waals surface area contributed by atoms with E-state index in [1.165, 1.54) is 31.4 Å². The summed E-state index contributed by atoms with van der Waals surface area (Å²) in [5.74, 6) is -5.93. The molecule has 386 valence electrons. The monoisotopic (exact) mass is 989 g/mol. The van der Waals surface area contributed by atoms with Crippen LogP contribution in [0, 0.1) is 0 Å². The van der Waals surface area contributed by atoms with Crippen molar-refractivity contribution in [3.63, 3.8) is 0 Å². The molecule has 3 aromatic rings. The number of methoxy groups -OCH3 is 1. The summed E-state index contributed by atoms with van der Waals surface area (Å²) in [5.41, 5.74) is 0.401. The summed E-state index contributed by atoms with van der Waals surface area (Å²) in [4.78, 5) is 90.3. The third-order valence-corrected chi connectivity index (χ3v) is 11.3. The van der Waals surface area contributed by atoms with Crippen molar-refractivity contribution in [2.24, 2.45) is 0 Å². The molecule has 0 aromatic heterocycles. The van der Waals surface area contributed by atoms with Gasteiger partial charge >= 0.3 is 35.8 Å². The third-order valence-electron chi connectivity index (χ3n) is 11.3. The summed E-state index contributed by atoms with van der Waals surface area (Å²) in [6.07, 6.45) is 3.71. The van der Waals surface area contributed by atoms with Crippen molar-refractivity contribution in [1.29, 1.82) is 0 Å². The summed E-state index contributed by atoms with van der Waals surface area (Å²) in [5, 5.41) is 22.1. The molecule has 0 radical (unpaired) electrons. The number of carbonyl (C=O) groups excluding carboxylic acids is 5. The second kappa shape index (κ2) is 32.4. The van der Waals surface area contributed by atoms with Gasteiger partial charge < -0.3 is 53.4 Å². The Morgan fingerprint density at radius 2 is 1.17 bits per heavy atom. The number of rotatable bonds is 33. The standard InChI is InChI=1S/C53H67NO17/c1-3-4-5-6-9-21-30-41(68-50(61)37-24-15-12-16-25-37)40(54-43(55)31-22-10-7-8-11-23-32-46(60)64-2)33-67-53-49(71-52(63)39-28-19-14-20-29-39)48(70-51(62)38-26-17-13-18-27-38)47(66-36-45(58)59)42(69-53)34-65-35-44(56)57/h12-21,24-30,40-42,47-49,53H,3-11,22-23,31-36H2,1-2H3,(H,54,55)(H,56,57)(H,58,59)/b30-21+/t40-,41+,42+,47-,48-,49+,53-/m0/s1. The van der Waals surface area contributed by atoms with Crippen molar-refractivity contribution in [1.82, 2.24) is 5.32 Å². The molecule has 7 atom stereocenters. The molecule has 18 heteroatoms. The van der Waals surface area contributed by atoms with E-state index in [2.05, 4.69) is 12.2 Å². The van der Waals surface area contributed by atoms with Gasteiger partial charge in [0.25, 0.3) is 0 Å². The van der Waals surface area contributed by atoms with E-state index in [0.29, 0.717) is 25.7 Å². The first kappa shape index (κ1) is 57.1. The van der Waals surface area contributed by atoms with E-state index in [9.17, 15) is 43.8 Å². The highest BCUT2D eigenvalue weighted by Crippen LogP contribution is 2.31. The minimum atomic E-state index is -1.71. The highest BCUT2D eigenvalue weighted by Gasteiger charge is 2.52. The van der Waals surface area contributed by atoms with E-state index in [0.717, 1.165) is 51.4 Å². The van der Waals surface area contributed by atoms with E-state index < -0.39 is 105 Å². The molecule has 0 bridgehead atoms. The number of amides is 1. The van der Waals surface area contributed by atoms with Crippen LogP contribution < -0.4 is 5.32 Å². The van der Waals surface area contributed by atoms with Gasteiger partial charge in [-0.1, -0.05) is 113 Å². The Bertz CT molecular complexity index is 2120. The first-order valence-electron chi connectivity index (χ1n) is 24.1. The molecule has 1 saturated heterocycles. The summed E-state index contributed by atoms with van der Waals surface area (Å²) >= 11 is 0. The van der Waals surface area contributed by atoms with Gasteiger partial charge in [-0.05, 0) is 68.2 Å². The van der Waals surface area contributed by atoms with Gasteiger partial charge in [0.2, 0.25) is 5.91 Å². The fraction of sp³-hybridized carbons (Fsp3) is 0.491. The van der Waals surface area contributed by atoms with Crippen LogP contribution in [-0.2, 0) is 57.1 Å². The lowest BCUT2D eigenvalue weighted by atomic mass is 9.97. The van der Waals surface area contributed by atoms with Crippen LogP contribution in [0.4, 0.5) is 0 Å². The van der Waals surface area contributed by atoms with E-state index in [1.54, 1.807) is 72.8 Å². The fourth-order valence-electron chi connectivity index (χ4n) is 7.57. The molecular formula is C53H67NO17. The summed E-state index contributed by atoms with van der Waals surface area (Å²) in [6, 6.07) is 22.8. The number of nitrogens with one attached hydrogen (secondary N) is 1. The lowest BCUT2D eigenvalue weighted by molar-refractivity contribution is -0.308. The van der Waals surface area contributed by atoms with Crippen LogP contribution in [0.15, 0.2) is 103 Å². The average Bonchev–Trinajstić information content (AvgIpc) is 3.37. The summed E-state index contributed by atoms with van der Waals surface area (Å²) in [7, 11) is 1.35. The van der Waals surface area contributed by atoms with Crippen LogP contribution in [-0.4, -0.2) is 128 Å². The molecule has 1 aliphatic rings. The first-order chi connectivity index (χ1) is 34.4. The van der Waals surface area contributed by atoms with Gasteiger partial charge in [-0.3, -0.25) is 9.59 Å². The Hall–Kier alpha value is -6.47. The molecule has 1 heterocycles. The topological polar surface area (TPSA) is 246 Å². The van der Waals surface area contributed by atoms with Gasteiger partial charge in [-0.25, -0.2) is 24.0 Å². The van der Waals surface area contributed by atoms with Crippen LogP contribution in [0.3, 0.4) is 0 Å². The molecule has 0 spiro atoms. The number of hydrogen-bond donors (Lipinski definition) is 3. The van der Waals surface area contributed by atoms with Gasteiger partial charge in [-0.2, -0.15) is 0 Å². The van der Waals surface area contributed by atoms with Crippen molar-refractivity contribution in [2.45, 2.75) is 133 Å². The summed E-state index contributed by atoms with van der Waals surface area (Å²) < 4.78 is 46.9. The lowest BCUT2D eigenvalue weighted by Gasteiger charge is -2.45. The lowest BCUT2D eigenvalue weighted by Crippen LogP contribution is -2.63. The molecule has 71 heavy (non-hydrogen) atoms. The third kappa shape index (κ3) is 21.2. The molecule has 0 unspecified atom stereocenters. The Balaban J connectivity index is 1.73. The van der Waals surface area contributed by atoms with Crippen LogP contribution in [0.5, 0.6) is 0 Å². The molecule has 1 fully saturated rings. The molecular weight excluding hydrogens is 923 g/mol. The molecule has 3 N–H and O–H groups in total. The quantitative estimate of drug-likeness (QED) is 0.0235. The highest BCUT2D eigenvalue weighted by molar-refractivity contribution is 5.91. The molecule has 1 aliphatic heterocycles. The zero-order valence-electron chi connectivity index (χ0n) is 40.4. The van der Waals surface area contributed by atoms with E-state index in [1.807, 2.05) is 6.08 Å². The molecule has 4 rings (SSSR count). The Morgan fingerprint density at radius 3 is 1.73 bits per heavy atom. The number of allylic oxidation sites excluding steroid dienone is 1. The number of carboxylic acid groups (broad SMARTS) is 2. The molecule has 0 aliphatic carbocycles. The Kier molecular flexibility index (Phi) is 26.1. The van der Waals surface area contributed by atoms with E-state index >= 15 is 0 Å². The van der Waals surface area contributed by atoms with Gasteiger partial charge in [0.1, 0.15) is 31.5 Å². The Labute approximate surface area is 414 Å². The van der Waals surface area contributed by atoms with Crippen molar-refractivity contribution in [2.75, 3.05) is 33.5 Å². The maximum Gasteiger partial charge on any atom is 0.338 e. The molecule has 1 amide bonds. The zero-order chi connectivity index (χ0) is 51.2. The van der Waals surface area contributed by atoms with E-state index in [4.69, 9.17) is 37.9 Å². The van der Waals surface area contributed by atoms with Crippen molar-refractivity contribution >= 4 is 41.7 Å². The van der Waals surface area contributed by atoms with Crippen LogP contribution in [0.2, 0.25) is 0 Å². The summed E-state index contributed by atoms with van der Waals surface area (Å²) in [6.45, 7) is -0.690. The predicted octanol–water partition coefficient (Wildman–Crippen LogP) is 7.28. The molecule has 18 nitrogen and oxygen atoms in total. The van der Waals surface area contributed by atoms with E-state index in [-0.39, 0.29) is 29.1 Å². The van der Waals surface area contributed by atoms with Crippen LogP contribution in [0.25, 0.3) is 0 Å². The van der Waals surface area contributed by atoms with Gasteiger partial charge in [0, 0.05) is 12.8 Å². The Morgan fingerprint density at radius 1 is 0.634 bits per heavy atom. The highest BCUT2D eigenvalue weighted by atomic mass is 16.7. The zero-order valence-corrected chi connectivity index (χ0v) is 40.4. The minimum Gasteiger partial charge on any atom is -0.480 e. The van der Waals surface area contributed by atoms with Crippen LogP contribution >= 0.6 is 0 Å². The van der Waals surface area contributed by atoms with Crippen molar-refractivity contribution < 1.29 is 81.7 Å². The fourth-order valence-corrected chi connectivity index (χ4v) is 7.57. The van der Waals surface area contributed by atoms with Crippen molar-refractivity contribution in [3.05, 3.63) is 120 Å². The SMILES string of the molecule is CCCCCC/C=C/[C@@H](OC(=O)c1ccccc1)[C@H](CO[C@H]1O[C@H](COCC(=O)O)[C@H](OCC(=O)O)[C@H](OC(=O)c2ccccc2)[C@H]1OC(=O)c1ccccc1)NC(=O)CCCCCCCCC(=O)OC. The number of benzene rings is 3. The van der Waals surface area contributed by atoms with Gasteiger partial charge in [-0.15, -0.1) is 0 Å². The first-order valence-corrected chi connectivity index (χ1v) is 24.1. The number of carbonyl (C=O) groups is 7. The molecule has 3 aromatic carbocycles. The minimum absolute atomic E-state index is 0.0751. The number of unbranched alkanes of at least 4 members (excludes halogenated alkanes) is 9. The predicted molar refractivity (Wildman–Crippen MR) is 256 cm³/mol. The molecule has 0 saturated carbocycles. The number of aliphatic carboxylic acids is 2.